The number of carbonyl (C=O) groups excluding carboxylic acids is 1. The summed E-state index contributed by atoms with van der Waals surface area (Å²) in [4.78, 5) is 14.5. The van der Waals surface area contributed by atoms with Gasteiger partial charge in [0.25, 0.3) is 0 Å². The summed E-state index contributed by atoms with van der Waals surface area (Å²) >= 11 is 0. The summed E-state index contributed by atoms with van der Waals surface area (Å²) in [6.45, 7) is 4.70. The number of hydrogen-bond donors (Lipinski definition) is 2. The first-order valence-corrected chi connectivity index (χ1v) is 9.67. The first-order valence-electron chi connectivity index (χ1n) is 9.67. The van der Waals surface area contributed by atoms with Gasteiger partial charge in [0, 0.05) is 25.6 Å². The number of benzene rings is 1. The molecule has 1 saturated heterocycles. The van der Waals surface area contributed by atoms with Gasteiger partial charge in [0.05, 0.1) is 0 Å². The van der Waals surface area contributed by atoms with E-state index < -0.39 is 0 Å². The molecule has 1 aliphatic heterocycles. The van der Waals surface area contributed by atoms with Gasteiger partial charge < -0.3 is 15.8 Å². The lowest BCUT2D eigenvalue weighted by molar-refractivity contribution is -0.122. The highest BCUT2D eigenvalue weighted by Crippen LogP contribution is 2.26. The topological polar surface area (TPSA) is 67.6 Å². The lowest BCUT2D eigenvalue weighted by Crippen LogP contribution is -2.31. The lowest BCUT2D eigenvalue weighted by Gasteiger charge is -2.15. The van der Waals surface area contributed by atoms with Gasteiger partial charge in [-0.2, -0.15) is 0 Å². The molecule has 1 heterocycles. The van der Waals surface area contributed by atoms with Gasteiger partial charge in [0.15, 0.2) is 0 Å². The highest BCUT2D eigenvalue weighted by Gasteiger charge is 2.25. The van der Waals surface area contributed by atoms with Crippen molar-refractivity contribution >= 4 is 5.91 Å². The molecule has 2 aliphatic rings. The van der Waals surface area contributed by atoms with E-state index in [9.17, 15) is 4.79 Å². The van der Waals surface area contributed by atoms with Gasteiger partial charge in [-0.1, -0.05) is 18.6 Å². The number of hydrogen-bond acceptors (Lipinski definition) is 4. The summed E-state index contributed by atoms with van der Waals surface area (Å²) in [6.07, 6.45) is 6.46. The van der Waals surface area contributed by atoms with E-state index in [0.29, 0.717) is 18.9 Å². The molecule has 1 amide bonds. The van der Waals surface area contributed by atoms with E-state index in [-0.39, 0.29) is 11.9 Å². The van der Waals surface area contributed by atoms with Gasteiger partial charge in [0.1, 0.15) is 12.4 Å². The molecule has 1 aromatic rings. The molecule has 0 aromatic heterocycles. The average Bonchev–Trinajstić information content (AvgIpc) is 3.27. The van der Waals surface area contributed by atoms with Crippen LogP contribution >= 0.6 is 0 Å². The summed E-state index contributed by atoms with van der Waals surface area (Å²) in [5.41, 5.74) is 7.13. The zero-order valence-corrected chi connectivity index (χ0v) is 15.1. The first kappa shape index (κ1) is 18.2. The molecule has 1 saturated carbocycles. The van der Waals surface area contributed by atoms with E-state index in [0.717, 1.165) is 43.7 Å². The number of carbonyl (C=O) groups is 1. The van der Waals surface area contributed by atoms with Crippen molar-refractivity contribution in [2.45, 2.75) is 51.1 Å². The Labute approximate surface area is 150 Å². The average molecular weight is 345 g/mol. The Hall–Kier alpha value is -1.59. The van der Waals surface area contributed by atoms with Crippen LogP contribution in [0.3, 0.4) is 0 Å². The monoisotopic (exact) mass is 345 g/mol. The fourth-order valence-electron chi connectivity index (χ4n) is 3.83. The highest BCUT2D eigenvalue weighted by atomic mass is 16.5. The quantitative estimate of drug-likeness (QED) is 0.759. The Kier molecular flexibility index (Phi) is 6.70. The van der Waals surface area contributed by atoms with Crippen molar-refractivity contribution in [2.75, 3.05) is 26.2 Å². The maximum absolute atomic E-state index is 12.1. The third kappa shape index (κ3) is 5.72. The smallest absolute Gasteiger partial charge is 0.220 e. The van der Waals surface area contributed by atoms with Crippen molar-refractivity contribution in [2.24, 2.45) is 11.7 Å². The van der Waals surface area contributed by atoms with Crippen LogP contribution in [0, 0.1) is 5.92 Å². The van der Waals surface area contributed by atoms with E-state index in [1.165, 1.54) is 25.9 Å². The Morgan fingerprint density at radius 2 is 1.92 bits per heavy atom. The molecule has 0 unspecified atom stereocenters. The van der Waals surface area contributed by atoms with Crippen LogP contribution in [0.15, 0.2) is 24.3 Å². The molecule has 3 rings (SSSR count). The lowest BCUT2D eigenvalue weighted by atomic mass is 10.00. The van der Waals surface area contributed by atoms with Gasteiger partial charge >= 0.3 is 0 Å². The predicted molar refractivity (Wildman–Crippen MR) is 99.4 cm³/mol. The van der Waals surface area contributed by atoms with Crippen LogP contribution in [0.4, 0.5) is 0 Å². The van der Waals surface area contributed by atoms with Crippen molar-refractivity contribution in [3.63, 3.8) is 0 Å². The van der Waals surface area contributed by atoms with Gasteiger partial charge in [-0.25, -0.2) is 0 Å². The minimum Gasteiger partial charge on any atom is -0.492 e. The second-order valence-corrected chi connectivity index (χ2v) is 7.38. The molecular weight excluding hydrogens is 314 g/mol. The Morgan fingerprint density at radius 3 is 2.60 bits per heavy atom. The zero-order valence-electron chi connectivity index (χ0n) is 15.1. The summed E-state index contributed by atoms with van der Waals surface area (Å²) in [7, 11) is 0. The normalized spacial score (nSPS) is 23.7. The predicted octanol–water partition coefficient (Wildman–Crippen LogP) is 2.29. The van der Waals surface area contributed by atoms with Crippen LogP contribution in [0.2, 0.25) is 0 Å². The summed E-state index contributed by atoms with van der Waals surface area (Å²) < 4.78 is 5.81. The molecule has 5 nitrogen and oxygen atoms in total. The molecule has 3 N–H and O–H groups in total. The first-order chi connectivity index (χ1) is 12.2. The highest BCUT2D eigenvalue weighted by molar-refractivity contribution is 5.76. The third-order valence-corrected chi connectivity index (χ3v) is 5.45. The fraction of sp³-hybridized carbons (Fsp3) is 0.650. The minimum absolute atomic E-state index is 0.105. The number of rotatable bonds is 8. The van der Waals surface area contributed by atoms with Crippen LogP contribution in [-0.4, -0.2) is 43.1 Å². The van der Waals surface area contributed by atoms with Crippen LogP contribution in [-0.2, 0) is 11.3 Å². The van der Waals surface area contributed by atoms with Gasteiger partial charge in [-0.15, -0.1) is 0 Å². The zero-order chi connectivity index (χ0) is 17.5. The maximum atomic E-state index is 12.1. The maximum Gasteiger partial charge on any atom is 0.220 e. The summed E-state index contributed by atoms with van der Waals surface area (Å²) in [5, 5.41) is 3.00. The fourth-order valence-corrected chi connectivity index (χ4v) is 3.83. The number of ether oxygens (including phenoxy) is 1. The van der Waals surface area contributed by atoms with Crippen molar-refractivity contribution in [3.8, 4) is 5.75 Å². The van der Waals surface area contributed by atoms with Crippen molar-refractivity contribution < 1.29 is 9.53 Å². The van der Waals surface area contributed by atoms with E-state index in [4.69, 9.17) is 10.5 Å². The SMILES string of the molecule is N[C@@H]1CCC[C@H]1CC(=O)NCc1ccc(OCCN2CCCC2)cc1. The van der Waals surface area contributed by atoms with Gasteiger partial charge in [-0.05, 0) is 62.4 Å². The molecule has 25 heavy (non-hydrogen) atoms. The molecule has 1 aromatic carbocycles. The van der Waals surface area contributed by atoms with Gasteiger partial charge in [0.2, 0.25) is 5.91 Å². The second-order valence-electron chi connectivity index (χ2n) is 7.38. The van der Waals surface area contributed by atoms with Crippen LogP contribution in [0.1, 0.15) is 44.1 Å². The molecule has 2 fully saturated rings. The van der Waals surface area contributed by atoms with Crippen molar-refractivity contribution in [3.05, 3.63) is 29.8 Å². The van der Waals surface area contributed by atoms with E-state index in [1.54, 1.807) is 0 Å². The second kappa shape index (κ2) is 9.20. The molecular formula is C20H31N3O2. The van der Waals surface area contributed by atoms with Crippen LogP contribution in [0.25, 0.3) is 0 Å². The van der Waals surface area contributed by atoms with Crippen molar-refractivity contribution in [1.82, 2.24) is 10.2 Å². The number of nitrogens with two attached hydrogens (primary N) is 1. The molecule has 138 valence electrons. The standard InChI is InChI=1S/C20H31N3O2/c21-19-5-3-4-17(19)14-20(24)22-15-16-6-8-18(9-7-16)25-13-12-23-10-1-2-11-23/h6-9,17,19H,1-5,10-15,21H2,(H,22,24)/t17-,19+/m0/s1. The Bertz CT molecular complexity index is 540. The largest absolute Gasteiger partial charge is 0.492 e. The third-order valence-electron chi connectivity index (χ3n) is 5.45. The van der Waals surface area contributed by atoms with Crippen LogP contribution < -0.4 is 15.8 Å². The molecule has 0 radical (unpaired) electrons. The molecule has 1 aliphatic carbocycles. The van der Waals surface area contributed by atoms with Crippen molar-refractivity contribution in [1.29, 1.82) is 0 Å². The van der Waals surface area contributed by atoms with Crippen LogP contribution in [0.5, 0.6) is 5.75 Å². The molecule has 0 spiro atoms. The summed E-state index contributed by atoms with van der Waals surface area (Å²) in [6, 6.07) is 8.21. The van der Waals surface area contributed by atoms with E-state index in [1.807, 2.05) is 24.3 Å². The number of likely N-dealkylation sites (tertiary alicyclic amines) is 1. The van der Waals surface area contributed by atoms with Gasteiger partial charge in [-0.3, -0.25) is 9.69 Å². The number of nitrogens with one attached hydrogen (secondary N) is 1. The number of nitrogens with zero attached hydrogens (tertiary/aromatic N) is 1. The van der Waals surface area contributed by atoms with E-state index >= 15 is 0 Å². The summed E-state index contributed by atoms with van der Waals surface area (Å²) in [5.74, 6) is 1.35. The Morgan fingerprint density at radius 1 is 1.16 bits per heavy atom. The molecule has 2 atom stereocenters. The Balaban J connectivity index is 1.34. The van der Waals surface area contributed by atoms with E-state index in [2.05, 4.69) is 10.2 Å². The minimum atomic E-state index is 0.105. The molecule has 5 heteroatoms. The molecule has 0 bridgehead atoms. The number of amides is 1.